The number of hydrogen-bond donors (Lipinski definition) is 1. The highest BCUT2D eigenvalue weighted by molar-refractivity contribution is 6.13. The number of aromatic amines is 1. The second-order valence-electron chi connectivity index (χ2n) is 6.60. The van der Waals surface area contributed by atoms with Crippen LogP contribution in [0, 0.1) is 0 Å². The summed E-state index contributed by atoms with van der Waals surface area (Å²) >= 11 is 0. The van der Waals surface area contributed by atoms with Crippen molar-refractivity contribution in [3.8, 4) is 11.1 Å². The topological polar surface area (TPSA) is 15.8 Å². The van der Waals surface area contributed by atoms with Crippen LogP contribution in [-0.4, -0.2) is 4.98 Å². The van der Waals surface area contributed by atoms with Gasteiger partial charge in [-0.3, -0.25) is 0 Å². The summed E-state index contributed by atoms with van der Waals surface area (Å²) in [6, 6.07) is 18.0. The van der Waals surface area contributed by atoms with Crippen molar-refractivity contribution < 1.29 is 0 Å². The molecule has 1 nitrogen and oxygen atoms in total. The number of rotatable bonds is 0. The number of benzene rings is 3. The third kappa shape index (κ3) is 1.17. The first kappa shape index (κ1) is 11.1. The van der Waals surface area contributed by atoms with Crippen LogP contribution >= 0.6 is 0 Å². The molecule has 22 heavy (non-hydrogen) atoms. The van der Waals surface area contributed by atoms with Gasteiger partial charge in [-0.1, -0.05) is 36.4 Å². The lowest BCUT2D eigenvalue weighted by atomic mass is 9.86. The lowest BCUT2D eigenvalue weighted by molar-refractivity contribution is 0.952. The standard InChI is InChI=1S/C21H15N/c1-2-6-14-13(4-1)10-16-15-9-8-12-5-3-7-18-20(12)21(15)19(22-18)11-17(14)16/h1-7,11,22H,8-10H2. The van der Waals surface area contributed by atoms with Crippen LogP contribution < -0.4 is 0 Å². The number of fused-ring (bicyclic) bond motifs is 4. The molecule has 6 rings (SSSR count). The summed E-state index contributed by atoms with van der Waals surface area (Å²) < 4.78 is 0. The highest BCUT2D eigenvalue weighted by Gasteiger charge is 2.26. The van der Waals surface area contributed by atoms with Crippen LogP contribution in [0.25, 0.3) is 32.9 Å². The van der Waals surface area contributed by atoms with Crippen molar-refractivity contribution >= 4 is 21.8 Å². The Hall–Kier alpha value is -2.54. The first-order chi connectivity index (χ1) is 10.9. The van der Waals surface area contributed by atoms with Gasteiger partial charge in [0.05, 0.1) is 0 Å². The van der Waals surface area contributed by atoms with Gasteiger partial charge in [-0.05, 0) is 64.8 Å². The highest BCUT2D eigenvalue weighted by Crippen LogP contribution is 2.45. The van der Waals surface area contributed by atoms with Crippen molar-refractivity contribution in [2.24, 2.45) is 0 Å². The Kier molecular flexibility index (Phi) is 1.82. The molecule has 0 saturated heterocycles. The van der Waals surface area contributed by atoms with Crippen molar-refractivity contribution in [1.29, 1.82) is 0 Å². The molecule has 0 atom stereocenters. The molecule has 0 aliphatic heterocycles. The quantitative estimate of drug-likeness (QED) is 0.411. The second kappa shape index (κ2) is 3.61. The van der Waals surface area contributed by atoms with Gasteiger partial charge in [0, 0.05) is 21.8 Å². The van der Waals surface area contributed by atoms with Crippen molar-refractivity contribution in [1.82, 2.24) is 4.98 Å². The average molecular weight is 281 g/mol. The molecule has 0 unspecified atom stereocenters. The second-order valence-corrected chi connectivity index (χ2v) is 6.60. The zero-order chi connectivity index (χ0) is 14.3. The molecule has 3 aromatic carbocycles. The fourth-order valence-electron chi connectivity index (χ4n) is 4.62. The van der Waals surface area contributed by atoms with E-state index in [1.54, 1.807) is 11.1 Å². The Labute approximate surface area is 128 Å². The molecule has 1 aromatic heterocycles. The Balaban J connectivity index is 1.83. The molecule has 0 fully saturated rings. The van der Waals surface area contributed by atoms with E-state index in [4.69, 9.17) is 0 Å². The van der Waals surface area contributed by atoms with Crippen LogP contribution in [0.2, 0.25) is 0 Å². The Morgan fingerprint density at radius 3 is 2.59 bits per heavy atom. The van der Waals surface area contributed by atoms with E-state index in [0.717, 1.165) is 6.42 Å². The summed E-state index contributed by atoms with van der Waals surface area (Å²) in [6.07, 6.45) is 3.45. The van der Waals surface area contributed by atoms with Crippen LogP contribution in [0.5, 0.6) is 0 Å². The van der Waals surface area contributed by atoms with Crippen LogP contribution in [0.4, 0.5) is 0 Å². The average Bonchev–Trinajstić information content (AvgIpc) is 3.11. The highest BCUT2D eigenvalue weighted by atomic mass is 14.7. The van der Waals surface area contributed by atoms with Crippen LogP contribution in [0.3, 0.4) is 0 Å². The number of H-pyrrole nitrogens is 1. The van der Waals surface area contributed by atoms with Gasteiger partial charge in [-0.2, -0.15) is 0 Å². The SMILES string of the molecule is c1ccc2c(c1)Cc1c-2cc2[nH]c3cccc4c3c2c1CC4. The van der Waals surface area contributed by atoms with E-state index in [9.17, 15) is 0 Å². The molecule has 4 aromatic rings. The Morgan fingerprint density at radius 1 is 0.682 bits per heavy atom. The van der Waals surface area contributed by atoms with Gasteiger partial charge in [0.25, 0.3) is 0 Å². The fourth-order valence-corrected chi connectivity index (χ4v) is 4.62. The van der Waals surface area contributed by atoms with Crippen molar-refractivity contribution in [2.45, 2.75) is 19.3 Å². The molecule has 2 aliphatic carbocycles. The van der Waals surface area contributed by atoms with E-state index in [0.29, 0.717) is 0 Å². The maximum absolute atomic E-state index is 3.66. The maximum Gasteiger partial charge on any atom is 0.0474 e. The molecule has 1 heteroatoms. The van der Waals surface area contributed by atoms with Crippen molar-refractivity contribution in [2.75, 3.05) is 0 Å². The minimum Gasteiger partial charge on any atom is -0.354 e. The zero-order valence-corrected chi connectivity index (χ0v) is 12.2. The van der Waals surface area contributed by atoms with Gasteiger partial charge in [-0.15, -0.1) is 0 Å². The van der Waals surface area contributed by atoms with Crippen LogP contribution in [0.1, 0.15) is 22.3 Å². The Morgan fingerprint density at radius 2 is 1.59 bits per heavy atom. The first-order valence-electron chi connectivity index (χ1n) is 8.06. The Bertz CT molecular complexity index is 1100. The van der Waals surface area contributed by atoms with Gasteiger partial charge in [0.2, 0.25) is 0 Å². The van der Waals surface area contributed by atoms with Gasteiger partial charge in [0.15, 0.2) is 0 Å². The summed E-state index contributed by atoms with van der Waals surface area (Å²) in [5, 5.41) is 2.96. The maximum atomic E-state index is 3.66. The number of aromatic nitrogens is 1. The predicted molar refractivity (Wildman–Crippen MR) is 91.5 cm³/mol. The largest absolute Gasteiger partial charge is 0.354 e. The van der Waals surface area contributed by atoms with Crippen LogP contribution in [0.15, 0.2) is 48.5 Å². The molecule has 0 spiro atoms. The van der Waals surface area contributed by atoms with Crippen LogP contribution in [-0.2, 0) is 19.3 Å². The number of hydrogen-bond acceptors (Lipinski definition) is 0. The van der Waals surface area contributed by atoms with E-state index in [2.05, 4.69) is 53.5 Å². The van der Waals surface area contributed by atoms with E-state index in [1.807, 2.05) is 0 Å². The zero-order valence-electron chi connectivity index (χ0n) is 12.2. The summed E-state index contributed by atoms with van der Waals surface area (Å²) in [7, 11) is 0. The number of nitrogens with one attached hydrogen (secondary N) is 1. The summed E-state index contributed by atoms with van der Waals surface area (Å²) in [6.45, 7) is 0. The van der Waals surface area contributed by atoms with Crippen molar-refractivity contribution in [3.05, 3.63) is 70.8 Å². The van der Waals surface area contributed by atoms with Gasteiger partial charge < -0.3 is 4.98 Å². The molecule has 0 bridgehead atoms. The monoisotopic (exact) mass is 281 g/mol. The molecule has 104 valence electrons. The molecule has 0 radical (unpaired) electrons. The molecule has 2 aliphatic rings. The fraction of sp³-hybridized carbons (Fsp3) is 0.143. The molecule has 0 saturated carbocycles. The molecular formula is C21H15N. The van der Waals surface area contributed by atoms with Gasteiger partial charge >= 0.3 is 0 Å². The summed E-state index contributed by atoms with van der Waals surface area (Å²) in [4.78, 5) is 3.66. The van der Waals surface area contributed by atoms with E-state index < -0.39 is 0 Å². The molecule has 1 N–H and O–H groups in total. The minimum absolute atomic E-state index is 1.10. The molecular weight excluding hydrogens is 266 g/mol. The smallest absolute Gasteiger partial charge is 0.0474 e. The van der Waals surface area contributed by atoms with Crippen molar-refractivity contribution in [3.63, 3.8) is 0 Å². The lowest BCUT2D eigenvalue weighted by Gasteiger charge is -2.17. The van der Waals surface area contributed by atoms with E-state index in [1.165, 1.54) is 56.9 Å². The number of aryl methyl sites for hydroxylation is 2. The van der Waals surface area contributed by atoms with Gasteiger partial charge in [0.1, 0.15) is 0 Å². The third-order valence-corrected chi connectivity index (χ3v) is 5.54. The first-order valence-corrected chi connectivity index (χ1v) is 8.06. The third-order valence-electron chi connectivity index (χ3n) is 5.54. The normalized spacial score (nSPS) is 14.7. The molecule has 0 amide bonds. The van der Waals surface area contributed by atoms with Gasteiger partial charge in [-0.25, -0.2) is 0 Å². The summed E-state index contributed by atoms with van der Waals surface area (Å²) in [5.74, 6) is 0. The minimum atomic E-state index is 1.10. The lowest BCUT2D eigenvalue weighted by Crippen LogP contribution is -2.02. The summed E-state index contributed by atoms with van der Waals surface area (Å²) in [5.41, 5.74) is 11.6. The van der Waals surface area contributed by atoms with E-state index >= 15 is 0 Å². The van der Waals surface area contributed by atoms with E-state index in [-0.39, 0.29) is 0 Å². The molecule has 1 heterocycles. The predicted octanol–water partition coefficient (Wildman–Crippen LogP) is 4.99.